The molecule has 0 bridgehead atoms. The van der Waals surface area contributed by atoms with Gasteiger partial charge < -0.3 is 0 Å². The number of allylic oxidation sites excluding steroid dienone is 6. The normalized spacial score (nSPS) is 14.4. The second-order valence-corrected chi connectivity index (χ2v) is 5.15. The van der Waals surface area contributed by atoms with Gasteiger partial charge >= 0.3 is 0 Å². The van der Waals surface area contributed by atoms with Crippen LogP contribution in [0.2, 0.25) is 0 Å². The molecule has 0 atom stereocenters. The number of benzene rings is 2. The van der Waals surface area contributed by atoms with Crippen molar-refractivity contribution in [2.45, 2.75) is 13.3 Å². The zero-order chi connectivity index (χ0) is 13.8. The molecule has 0 radical (unpaired) electrons. The first-order valence-corrected chi connectivity index (χ1v) is 7.03. The molecule has 1 aliphatic rings. The maximum Gasteiger partial charge on any atom is -0.00882 e. The molecule has 0 amide bonds. The maximum atomic E-state index is 2.25. The lowest BCUT2D eigenvalue weighted by atomic mass is 10.0. The largest absolute Gasteiger partial charge is 0.0795 e. The Hall–Kier alpha value is -2.34. The van der Waals surface area contributed by atoms with Crippen molar-refractivity contribution in [1.29, 1.82) is 0 Å². The van der Waals surface area contributed by atoms with Crippen molar-refractivity contribution in [1.82, 2.24) is 0 Å². The van der Waals surface area contributed by atoms with Crippen LogP contribution in [0.3, 0.4) is 0 Å². The Kier molecular flexibility index (Phi) is 3.64. The third-order valence-electron chi connectivity index (χ3n) is 3.63. The summed E-state index contributed by atoms with van der Waals surface area (Å²) in [7, 11) is 0. The van der Waals surface area contributed by atoms with E-state index in [-0.39, 0.29) is 0 Å². The highest BCUT2D eigenvalue weighted by Gasteiger charge is 2.03. The van der Waals surface area contributed by atoms with E-state index in [1.54, 1.807) is 0 Å². The summed E-state index contributed by atoms with van der Waals surface area (Å²) in [6, 6.07) is 19.3. The predicted molar refractivity (Wildman–Crippen MR) is 87.3 cm³/mol. The molecule has 0 unspecified atom stereocenters. The van der Waals surface area contributed by atoms with Crippen LogP contribution in [0.1, 0.15) is 23.1 Å². The Morgan fingerprint density at radius 1 is 0.750 bits per heavy atom. The number of hydrogen-bond acceptors (Lipinski definition) is 0. The standard InChI is InChI=1S/C20H18/c1-16-10-12-20(13-11-16)19-9-5-8-18(14-15-19)17-6-3-2-4-7-17/h2-8,10-15H,9H2,1H3. The molecular formula is C20H18. The number of aryl methyl sites for hydroxylation is 1. The Morgan fingerprint density at radius 3 is 2.25 bits per heavy atom. The van der Waals surface area contributed by atoms with E-state index in [9.17, 15) is 0 Å². The fraction of sp³-hybridized carbons (Fsp3) is 0.100. The van der Waals surface area contributed by atoms with E-state index in [4.69, 9.17) is 0 Å². The molecule has 0 nitrogen and oxygen atoms in total. The first kappa shape index (κ1) is 12.7. The lowest BCUT2D eigenvalue weighted by Crippen LogP contribution is -1.82. The minimum atomic E-state index is 0.982. The van der Waals surface area contributed by atoms with E-state index in [2.05, 4.69) is 85.8 Å². The van der Waals surface area contributed by atoms with Crippen molar-refractivity contribution in [3.8, 4) is 0 Å². The Balaban J connectivity index is 1.93. The Labute approximate surface area is 120 Å². The molecule has 0 fully saturated rings. The second-order valence-electron chi connectivity index (χ2n) is 5.15. The average molecular weight is 258 g/mol. The third-order valence-corrected chi connectivity index (χ3v) is 3.63. The fourth-order valence-corrected chi connectivity index (χ4v) is 2.43. The molecule has 0 saturated heterocycles. The molecule has 2 aromatic rings. The van der Waals surface area contributed by atoms with Gasteiger partial charge in [-0.2, -0.15) is 0 Å². The van der Waals surface area contributed by atoms with Crippen LogP contribution >= 0.6 is 0 Å². The zero-order valence-electron chi connectivity index (χ0n) is 11.7. The van der Waals surface area contributed by atoms with Crippen LogP contribution in [0.25, 0.3) is 11.1 Å². The van der Waals surface area contributed by atoms with Crippen LogP contribution < -0.4 is 0 Å². The molecular weight excluding hydrogens is 240 g/mol. The van der Waals surface area contributed by atoms with E-state index in [1.165, 1.54) is 27.8 Å². The fourth-order valence-electron chi connectivity index (χ4n) is 2.43. The monoisotopic (exact) mass is 258 g/mol. The van der Waals surface area contributed by atoms with E-state index in [1.807, 2.05) is 0 Å². The minimum Gasteiger partial charge on any atom is -0.0795 e. The highest BCUT2D eigenvalue weighted by molar-refractivity contribution is 5.80. The molecule has 3 rings (SSSR count). The molecule has 0 heteroatoms. The lowest BCUT2D eigenvalue weighted by Gasteiger charge is -2.04. The van der Waals surface area contributed by atoms with Gasteiger partial charge in [0.25, 0.3) is 0 Å². The summed E-state index contributed by atoms with van der Waals surface area (Å²) in [5, 5.41) is 0. The first-order chi connectivity index (χ1) is 9.83. The Morgan fingerprint density at radius 2 is 1.50 bits per heavy atom. The van der Waals surface area contributed by atoms with Crippen molar-refractivity contribution in [2.24, 2.45) is 0 Å². The maximum absolute atomic E-state index is 2.25. The molecule has 0 saturated carbocycles. The van der Waals surface area contributed by atoms with E-state index in [0.29, 0.717) is 0 Å². The zero-order valence-corrected chi connectivity index (χ0v) is 11.7. The van der Waals surface area contributed by atoms with Crippen molar-refractivity contribution in [3.63, 3.8) is 0 Å². The van der Waals surface area contributed by atoms with Gasteiger partial charge in [0.05, 0.1) is 0 Å². The van der Waals surface area contributed by atoms with E-state index >= 15 is 0 Å². The summed E-state index contributed by atoms with van der Waals surface area (Å²) in [4.78, 5) is 0. The van der Waals surface area contributed by atoms with Crippen LogP contribution in [0, 0.1) is 6.92 Å². The van der Waals surface area contributed by atoms with Gasteiger partial charge in [-0.25, -0.2) is 0 Å². The Bertz CT molecular complexity index is 668. The van der Waals surface area contributed by atoms with Gasteiger partial charge in [0.2, 0.25) is 0 Å². The highest BCUT2D eigenvalue weighted by atomic mass is 14.1. The molecule has 98 valence electrons. The molecule has 20 heavy (non-hydrogen) atoms. The topological polar surface area (TPSA) is 0 Å². The van der Waals surface area contributed by atoms with Crippen molar-refractivity contribution in [2.75, 3.05) is 0 Å². The van der Waals surface area contributed by atoms with Crippen molar-refractivity contribution < 1.29 is 0 Å². The molecule has 0 aliphatic heterocycles. The second kappa shape index (κ2) is 5.75. The van der Waals surface area contributed by atoms with E-state index < -0.39 is 0 Å². The van der Waals surface area contributed by atoms with Gasteiger partial charge in [0, 0.05) is 0 Å². The molecule has 1 aliphatic carbocycles. The van der Waals surface area contributed by atoms with Crippen LogP contribution in [0.15, 0.2) is 78.9 Å². The van der Waals surface area contributed by atoms with Crippen LogP contribution in [0.5, 0.6) is 0 Å². The minimum absolute atomic E-state index is 0.982. The smallest absolute Gasteiger partial charge is 0.00882 e. The summed E-state index contributed by atoms with van der Waals surface area (Å²) in [5.41, 5.74) is 6.52. The highest BCUT2D eigenvalue weighted by Crippen LogP contribution is 2.25. The third kappa shape index (κ3) is 2.80. The molecule has 0 aromatic heterocycles. The molecule has 0 N–H and O–H groups in total. The van der Waals surface area contributed by atoms with Crippen molar-refractivity contribution in [3.05, 3.63) is 95.6 Å². The summed E-state index contributed by atoms with van der Waals surface area (Å²) in [5.74, 6) is 0. The summed E-state index contributed by atoms with van der Waals surface area (Å²) < 4.78 is 0. The molecule has 2 aromatic carbocycles. The van der Waals surface area contributed by atoms with E-state index in [0.717, 1.165) is 6.42 Å². The SMILES string of the molecule is Cc1ccc(C2=CC=C(c3ccccc3)C=CC2)cc1. The number of rotatable bonds is 2. The summed E-state index contributed by atoms with van der Waals surface area (Å²) in [6.07, 6.45) is 9.90. The lowest BCUT2D eigenvalue weighted by molar-refractivity contribution is 1.37. The van der Waals surface area contributed by atoms with Crippen molar-refractivity contribution >= 4 is 11.1 Å². The van der Waals surface area contributed by atoms with Gasteiger partial charge in [-0.1, -0.05) is 84.5 Å². The van der Waals surface area contributed by atoms with Crippen LogP contribution in [-0.2, 0) is 0 Å². The number of hydrogen-bond donors (Lipinski definition) is 0. The molecule has 0 spiro atoms. The van der Waals surface area contributed by atoms with Gasteiger partial charge in [-0.05, 0) is 35.6 Å². The first-order valence-electron chi connectivity index (χ1n) is 7.03. The van der Waals surface area contributed by atoms with Crippen LogP contribution in [-0.4, -0.2) is 0 Å². The van der Waals surface area contributed by atoms with Gasteiger partial charge in [-0.15, -0.1) is 0 Å². The summed E-state index contributed by atoms with van der Waals surface area (Å²) >= 11 is 0. The van der Waals surface area contributed by atoms with Gasteiger partial charge in [0.1, 0.15) is 0 Å². The van der Waals surface area contributed by atoms with Gasteiger partial charge in [-0.3, -0.25) is 0 Å². The van der Waals surface area contributed by atoms with Crippen LogP contribution in [0.4, 0.5) is 0 Å². The molecule has 0 heterocycles. The summed E-state index contributed by atoms with van der Waals surface area (Å²) in [6.45, 7) is 2.12. The predicted octanol–water partition coefficient (Wildman–Crippen LogP) is 5.42. The average Bonchev–Trinajstić information content (AvgIpc) is 2.75. The van der Waals surface area contributed by atoms with Gasteiger partial charge in [0.15, 0.2) is 0 Å². The quantitative estimate of drug-likeness (QED) is 0.674.